The van der Waals surface area contributed by atoms with Crippen LogP contribution in [-0.4, -0.2) is 29.9 Å². The van der Waals surface area contributed by atoms with E-state index in [4.69, 9.17) is 13.9 Å². The zero-order valence-electron chi connectivity index (χ0n) is 21.6. The summed E-state index contributed by atoms with van der Waals surface area (Å²) in [5.41, 5.74) is -1.18. The monoisotopic (exact) mass is 520 g/mol. The van der Waals surface area contributed by atoms with E-state index in [1.165, 1.54) is 23.8 Å². The molecule has 37 heavy (non-hydrogen) atoms. The molecule has 1 aliphatic rings. The van der Waals surface area contributed by atoms with Gasteiger partial charge in [-0.2, -0.15) is 0 Å². The summed E-state index contributed by atoms with van der Waals surface area (Å²) in [6.07, 6.45) is 1.20. The number of nitrogens with zero attached hydrogens (tertiary/aromatic N) is 1. The van der Waals surface area contributed by atoms with Crippen molar-refractivity contribution in [3.8, 4) is 0 Å². The zero-order valence-corrected chi connectivity index (χ0v) is 22.6. The van der Waals surface area contributed by atoms with E-state index in [1.807, 2.05) is 43.3 Å². The second-order valence-electron chi connectivity index (χ2n) is 10.2. The number of aromatic amines is 1. The van der Waals surface area contributed by atoms with E-state index in [0.29, 0.717) is 5.76 Å². The lowest BCUT2D eigenvalue weighted by molar-refractivity contribution is -0.153. The van der Waals surface area contributed by atoms with Gasteiger partial charge < -0.3 is 13.9 Å². The quantitative estimate of drug-likeness (QED) is 0.305. The molecule has 3 atom stereocenters. The summed E-state index contributed by atoms with van der Waals surface area (Å²) >= 11 is 0. The average Bonchev–Trinajstić information content (AvgIpc) is 3.14. The van der Waals surface area contributed by atoms with Crippen molar-refractivity contribution in [1.29, 1.82) is 0 Å². The van der Waals surface area contributed by atoms with Crippen molar-refractivity contribution < 1.29 is 18.7 Å². The first-order chi connectivity index (χ1) is 17.5. The Morgan fingerprint density at radius 3 is 2.05 bits per heavy atom. The highest BCUT2D eigenvalue weighted by molar-refractivity contribution is 6.99. The molecule has 9 heteroatoms. The summed E-state index contributed by atoms with van der Waals surface area (Å²) in [7, 11) is -2.90. The first kappa shape index (κ1) is 26.2. The molecule has 0 radical (unpaired) electrons. The lowest BCUT2D eigenvalue weighted by Gasteiger charge is -2.42. The first-order valence-corrected chi connectivity index (χ1v) is 14.1. The molecule has 1 fully saturated rings. The topological polar surface area (TPSA) is 99.6 Å². The molecule has 3 aromatic rings. The molecular formula is C28H32N2O6Si. The molecule has 0 aliphatic carbocycles. The van der Waals surface area contributed by atoms with Crippen molar-refractivity contribution in [2.75, 3.05) is 0 Å². The molecule has 0 saturated carbocycles. The molecule has 0 unspecified atom stereocenters. The maximum Gasteiger partial charge on any atom is 0.331 e. The third kappa shape index (κ3) is 5.04. The Labute approximate surface area is 216 Å². The van der Waals surface area contributed by atoms with E-state index in [2.05, 4.69) is 50.0 Å². The average molecular weight is 521 g/mol. The summed E-state index contributed by atoms with van der Waals surface area (Å²) in [5.74, 6) is -0.467. The number of carbonyl (C=O) groups excluding carboxylic acids is 1. The molecule has 1 saturated heterocycles. The van der Waals surface area contributed by atoms with E-state index in [1.54, 1.807) is 6.26 Å². The number of carbonyl (C=O) groups is 1. The third-order valence-corrected chi connectivity index (χ3v) is 11.6. The number of H-pyrrole nitrogens is 1. The van der Waals surface area contributed by atoms with Gasteiger partial charge in [-0.05, 0) is 15.4 Å². The van der Waals surface area contributed by atoms with Gasteiger partial charge in [0.25, 0.3) is 5.56 Å². The minimum absolute atomic E-state index is 0.265. The van der Waals surface area contributed by atoms with Crippen molar-refractivity contribution in [1.82, 2.24) is 9.55 Å². The Morgan fingerprint density at radius 1 is 1.00 bits per heavy atom. The van der Waals surface area contributed by atoms with E-state index < -0.39 is 43.8 Å². The smallest absolute Gasteiger partial charge is 0.331 e. The van der Waals surface area contributed by atoms with Crippen molar-refractivity contribution in [2.24, 2.45) is 5.92 Å². The normalized spacial score (nSPS) is 20.9. The Morgan fingerprint density at radius 2 is 1.57 bits per heavy atom. The second kappa shape index (κ2) is 10.3. The van der Waals surface area contributed by atoms with Crippen LogP contribution in [0.25, 0.3) is 0 Å². The first-order valence-electron chi connectivity index (χ1n) is 12.2. The third-order valence-electron chi connectivity index (χ3n) is 6.68. The maximum absolute atomic E-state index is 12.5. The predicted octanol–water partition coefficient (Wildman–Crippen LogP) is 3.05. The van der Waals surface area contributed by atoms with Crippen molar-refractivity contribution >= 4 is 24.7 Å². The fourth-order valence-electron chi connectivity index (χ4n) is 4.89. The molecule has 1 aliphatic heterocycles. The molecule has 2 heterocycles. The molecule has 0 amide bonds. The highest BCUT2D eigenvalue weighted by atomic mass is 28.4. The number of nitrogens with one attached hydrogen (secondary N) is 1. The van der Waals surface area contributed by atoms with Gasteiger partial charge in [0.1, 0.15) is 12.0 Å². The number of rotatable bonds is 6. The number of esters is 1. The fourth-order valence-corrected chi connectivity index (χ4v) is 9.20. The fraction of sp³-hybridized carbons (Fsp3) is 0.321. The zero-order chi connectivity index (χ0) is 26.8. The summed E-state index contributed by atoms with van der Waals surface area (Å²) < 4.78 is 19.9. The second-order valence-corrected chi connectivity index (χ2v) is 14.4. The minimum atomic E-state index is -2.90. The van der Waals surface area contributed by atoms with Gasteiger partial charge in [0.05, 0.1) is 5.92 Å². The van der Waals surface area contributed by atoms with E-state index >= 15 is 0 Å². The SMILES string of the molecule is CC(=O)O[C@@H]1[C@H](C)/C(=C\O[Si](c2ccccc2)(c2ccccc2)C(C)(C)C)O[C@H]1n1ccc(=O)[nH]c1=O. The number of benzene rings is 2. The molecule has 1 N–H and O–H groups in total. The van der Waals surface area contributed by atoms with Crippen LogP contribution in [0.4, 0.5) is 0 Å². The summed E-state index contributed by atoms with van der Waals surface area (Å²) in [4.78, 5) is 38.3. The number of aromatic nitrogens is 2. The van der Waals surface area contributed by atoms with Gasteiger partial charge in [0.2, 0.25) is 6.23 Å². The Hall–Kier alpha value is -3.85. The number of hydrogen-bond donors (Lipinski definition) is 1. The van der Waals surface area contributed by atoms with Crippen LogP contribution in [0.2, 0.25) is 5.04 Å². The lowest BCUT2D eigenvalue weighted by Crippen LogP contribution is -2.65. The maximum atomic E-state index is 12.5. The molecule has 4 rings (SSSR count). The molecular weight excluding hydrogens is 488 g/mol. The van der Waals surface area contributed by atoms with Crippen LogP contribution in [0.1, 0.15) is 40.8 Å². The Bertz CT molecular complexity index is 1350. The minimum Gasteiger partial charge on any atom is -0.537 e. The highest BCUT2D eigenvalue weighted by Gasteiger charge is 2.52. The van der Waals surface area contributed by atoms with Crippen LogP contribution in [0, 0.1) is 5.92 Å². The predicted molar refractivity (Wildman–Crippen MR) is 143 cm³/mol. The van der Waals surface area contributed by atoms with Gasteiger partial charge in [0, 0.05) is 19.2 Å². The van der Waals surface area contributed by atoms with Gasteiger partial charge in [0.15, 0.2) is 6.10 Å². The molecule has 8 nitrogen and oxygen atoms in total. The molecule has 1 aromatic heterocycles. The van der Waals surface area contributed by atoms with E-state index in [-0.39, 0.29) is 5.04 Å². The molecule has 0 spiro atoms. The summed E-state index contributed by atoms with van der Waals surface area (Å²) in [6, 6.07) is 21.6. The molecule has 194 valence electrons. The van der Waals surface area contributed by atoms with E-state index in [9.17, 15) is 14.4 Å². The highest BCUT2D eigenvalue weighted by Crippen LogP contribution is 2.41. The van der Waals surface area contributed by atoms with Gasteiger partial charge in [-0.1, -0.05) is 88.4 Å². The van der Waals surface area contributed by atoms with Crippen LogP contribution in [0.15, 0.2) is 94.5 Å². The van der Waals surface area contributed by atoms with Gasteiger partial charge >= 0.3 is 20.0 Å². The lowest BCUT2D eigenvalue weighted by atomic mass is 10.0. The van der Waals surface area contributed by atoms with Crippen LogP contribution >= 0.6 is 0 Å². The molecule has 0 bridgehead atoms. The Kier molecular flexibility index (Phi) is 7.27. The van der Waals surface area contributed by atoms with Gasteiger partial charge in [-0.3, -0.25) is 19.1 Å². The summed E-state index contributed by atoms with van der Waals surface area (Å²) in [5, 5.41) is 1.93. The van der Waals surface area contributed by atoms with Crippen molar-refractivity contribution in [3.63, 3.8) is 0 Å². The van der Waals surface area contributed by atoms with Gasteiger partial charge in [-0.15, -0.1) is 0 Å². The largest absolute Gasteiger partial charge is 0.537 e. The number of ether oxygens (including phenoxy) is 2. The Balaban J connectivity index is 1.81. The molecule has 2 aromatic carbocycles. The standard InChI is InChI=1S/C28H32N2O6Si/c1-19-23(36-26(25(19)35-20(2)31)30-17-16-24(32)29-27(30)33)18-34-37(28(3,4)5,21-12-8-6-9-13-21)22-14-10-7-11-15-22/h6-19,25-26H,1-5H3,(H,29,32,33)/b23-18+/t19-,25-,26-/m1/s1. The van der Waals surface area contributed by atoms with Crippen LogP contribution in [0.3, 0.4) is 0 Å². The van der Waals surface area contributed by atoms with E-state index in [0.717, 1.165) is 10.4 Å². The van der Waals surface area contributed by atoms with Crippen LogP contribution < -0.4 is 21.6 Å². The van der Waals surface area contributed by atoms with Crippen molar-refractivity contribution in [3.05, 3.63) is 106 Å². The number of hydrogen-bond acceptors (Lipinski definition) is 6. The van der Waals surface area contributed by atoms with Gasteiger partial charge in [-0.25, -0.2) is 4.79 Å². The summed E-state index contributed by atoms with van der Waals surface area (Å²) in [6.45, 7) is 9.66. The van der Waals surface area contributed by atoms with Crippen molar-refractivity contribution in [2.45, 2.75) is 52.0 Å². The van der Waals surface area contributed by atoms with Crippen LogP contribution in [0.5, 0.6) is 0 Å². The van der Waals surface area contributed by atoms with Crippen LogP contribution in [-0.2, 0) is 18.7 Å².